The molecule has 1 aromatic rings. The van der Waals surface area contributed by atoms with Crippen LogP contribution in [0.4, 0.5) is 0 Å². The van der Waals surface area contributed by atoms with Gasteiger partial charge in [0.25, 0.3) is 0 Å². The van der Waals surface area contributed by atoms with E-state index in [1.54, 1.807) is 0 Å². The maximum absolute atomic E-state index is 11.5. The van der Waals surface area contributed by atoms with E-state index >= 15 is 0 Å². The molecule has 3 fully saturated rings. The van der Waals surface area contributed by atoms with Crippen LogP contribution >= 0.6 is 23.2 Å². The second kappa shape index (κ2) is 6.55. The first-order valence-corrected chi connectivity index (χ1v) is 8.30. The molecule has 5 heteroatoms. The number of fused-ring (bicyclic) bond motifs is 3. The summed E-state index contributed by atoms with van der Waals surface area (Å²) in [6, 6.07) is 6.07. The minimum Gasteiger partial charge on any atom is -0.340 e. The molecule has 3 heterocycles. The van der Waals surface area contributed by atoms with E-state index in [1.165, 1.54) is 25.9 Å². The van der Waals surface area contributed by atoms with Gasteiger partial charge in [0, 0.05) is 19.1 Å². The van der Waals surface area contributed by atoms with Gasteiger partial charge < -0.3 is 9.80 Å². The summed E-state index contributed by atoms with van der Waals surface area (Å²) in [6.07, 6.45) is 4.28. The van der Waals surface area contributed by atoms with E-state index in [0.717, 1.165) is 31.5 Å². The molecule has 3 saturated heterocycles. The smallest absolute Gasteiger partial charge is 0.210 e. The summed E-state index contributed by atoms with van der Waals surface area (Å²) in [5.41, 5.74) is 1.12. The van der Waals surface area contributed by atoms with Gasteiger partial charge >= 0.3 is 0 Å². The van der Waals surface area contributed by atoms with Crippen molar-refractivity contribution >= 4 is 29.6 Å². The zero-order chi connectivity index (χ0) is 14.8. The van der Waals surface area contributed by atoms with Gasteiger partial charge in [-0.3, -0.25) is 4.79 Å². The molecule has 0 N–H and O–H groups in total. The molecule has 1 unspecified atom stereocenters. The second-order valence-electron chi connectivity index (χ2n) is 6.05. The quantitative estimate of drug-likeness (QED) is 0.776. The van der Waals surface area contributed by atoms with Crippen LogP contribution in [-0.2, 0) is 11.2 Å². The fraction of sp³-hybridized carbons (Fsp3) is 0.562. The fourth-order valence-corrected chi connectivity index (χ4v) is 3.88. The first kappa shape index (κ1) is 15.1. The molecule has 0 spiro atoms. The zero-order valence-corrected chi connectivity index (χ0v) is 13.5. The van der Waals surface area contributed by atoms with Crippen molar-refractivity contribution in [1.29, 1.82) is 0 Å². The lowest BCUT2D eigenvalue weighted by atomic mass is 9.83. The van der Waals surface area contributed by atoms with E-state index in [2.05, 4.69) is 4.90 Å². The third-order valence-corrected chi connectivity index (χ3v) is 5.56. The average Bonchev–Trinajstić information content (AvgIpc) is 2.52. The monoisotopic (exact) mass is 326 g/mol. The van der Waals surface area contributed by atoms with Gasteiger partial charge in [0.05, 0.1) is 10.0 Å². The zero-order valence-electron chi connectivity index (χ0n) is 12.0. The number of carbonyl (C=O) groups excluding carboxylic acids is 1. The number of hydrogen-bond donors (Lipinski definition) is 0. The number of amides is 1. The van der Waals surface area contributed by atoms with Crippen molar-refractivity contribution in [1.82, 2.24) is 9.80 Å². The Morgan fingerprint density at radius 1 is 1.24 bits per heavy atom. The van der Waals surface area contributed by atoms with Gasteiger partial charge in [-0.15, -0.1) is 0 Å². The fourth-order valence-electron chi connectivity index (χ4n) is 3.56. The summed E-state index contributed by atoms with van der Waals surface area (Å²) in [5.74, 6) is 0.675. The molecule has 1 atom stereocenters. The third kappa shape index (κ3) is 3.36. The minimum absolute atomic E-state index is 0.382. The van der Waals surface area contributed by atoms with Crippen LogP contribution in [0.2, 0.25) is 10.0 Å². The predicted molar refractivity (Wildman–Crippen MR) is 85.9 cm³/mol. The van der Waals surface area contributed by atoms with E-state index < -0.39 is 0 Å². The van der Waals surface area contributed by atoms with Gasteiger partial charge in [-0.2, -0.15) is 0 Å². The number of hydrogen-bond acceptors (Lipinski definition) is 2. The summed E-state index contributed by atoms with van der Waals surface area (Å²) in [5, 5.41) is 1.15. The maximum Gasteiger partial charge on any atom is 0.210 e. The van der Waals surface area contributed by atoms with Crippen molar-refractivity contribution in [3.63, 3.8) is 0 Å². The molecular formula is C16H20Cl2N2O. The number of carbonyl (C=O) groups is 1. The summed E-state index contributed by atoms with van der Waals surface area (Å²) < 4.78 is 0. The summed E-state index contributed by atoms with van der Waals surface area (Å²) in [7, 11) is 0. The highest BCUT2D eigenvalue weighted by Crippen LogP contribution is 2.30. The molecule has 1 amide bonds. The van der Waals surface area contributed by atoms with E-state index in [1.807, 2.05) is 23.1 Å². The Morgan fingerprint density at radius 2 is 2.00 bits per heavy atom. The lowest BCUT2D eigenvalue weighted by Crippen LogP contribution is -2.57. The Balaban J connectivity index is 1.62. The topological polar surface area (TPSA) is 23.6 Å². The van der Waals surface area contributed by atoms with Crippen LogP contribution in [-0.4, -0.2) is 48.4 Å². The maximum atomic E-state index is 11.5. The van der Waals surface area contributed by atoms with Gasteiger partial charge in [0.15, 0.2) is 0 Å². The number of nitrogens with zero attached hydrogens (tertiary/aromatic N) is 2. The Hall–Kier alpha value is -0.770. The molecule has 1 aromatic carbocycles. The second-order valence-corrected chi connectivity index (χ2v) is 6.86. The standard InChI is InChI=1S/C16H20Cl2N2O/c17-14-2-1-12(9-15(14)18)3-8-20(11-21)16-10-19-6-4-13(16)5-7-19/h1-2,9,11,13,16H,3-8,10H2. The Labute approximate surface area is 135 Å². The van der Waals surface area contributed by atoms with E-state index in [-0.39, 0.29) is 0 Å². The number of benzene rings is 1. The third-order valence-electron chi connectivity index (χ3n) is 4.83. The number of halogens is 2. The first-order chi connectivity index (χ1) is 10.2. The Bertz CT molecular complexity index is 515. The molecule has 3 aliphatic rings. The highest BCUT2D eigenvalue weighted by atomic mass is 35.5. The van der Waals surface area contributed by atoms with Crippen LogP contribution in [0.3, 0.4) is 0 Å². The van der Waals surface area contributed by atoms with Crippen LogP contribution in [0.1, 0.15) is 18.4 Å². The average molecular weight is 327 g/mol. The molecular weight excluding hydrogens is 307 g/mol. The lowest BCUT2D eigenvalue weighted by molar-refractivity contribution is -0.124. The van der Waals surface area contributed by atoms with Crippen molar-refractivity contribution in [2.45, 2.75) is 25.3 Å². The Kier molecular flexibility index (Phi) is 4.72. The van der Waals surface area contributed by atoms with Crippen molar-refractivity contribution in [3.05, 3.63) is 33.8 Å². The largest absolute Gasteiger partial charge is 0.340 e. The van der Waals surface area contributed by atoms with Gasteiger partial charge in [-0.25, -0.2) is 0 Å². The van der Waals surface area contributed by atoms with Crippen LogP contribution in [0.5, 0.6) is 0 Å². The minimum atomic E-state index is 0.382. The number of rotatable bonds is 5. The van der Waals surface area contributed by atoms with Crippen molar-refractivity contribution in [2.75, 3.05) is 26.2 Å². The molecule has 0 saturated carbocycles. The van der Waals surface area contributed by atoms with Crippen molar-refractivity contribution in [3.8, 4) is 0 Å². The molecule has 3 aliphatic heterocycles. The van der Waals surface area contributed by atoms with Gasteiger partial charge in [0.2, 0.25) is 6.41 Å². The molecule has 0 radical (unpaired) electrons. The summed E-state index contributed by atoms with van der Waals surface area (Å²) in [4.78, 5) is 15.9. The molecule has 0 aromatic heterocycles. The van der Waals surface area contributed by atoms with Crippen LogP contribution in [0.25, 0.3) is 0 Å². The molecule has 114 valence electrons. The van der Waals surface area contributed by atoms with E-state index in [0.29, 0.717) is 22.0 Å². The van der Waals surface area contributed by atoms with Crippen molar-refractivity contribution < 1.29 is 4.79 Å². The highest BCUT2D eigenvalue weighted by Gasteiger charge is 2.36. The first-order valence-electron chi connectivity index (χ1n) is 7.54. The lowest BCUT2D eigenvalue weighted by Gasteiger charge is -2.48. The normalized spacial score (nSPS) is 27.6. The van der Waals surface area contributed by atoms with E-state index in [4.69, 9.17) is 23.2 Å². The molecule has 2 bridgehead atoms. The summed E-state index contributed by atoms with van der Waals surface area (Å²) >= 11 is 12.0. The molecule has 21 heavy (non-hydrogen) atoms. The molecule has 3 nitrogen and oxygen atoms in total. The van der Waals surface area contributed by atoms with Gasteiger partial charge in [-0.1, -0.05) is 29.3 Å². The number of piperidine rings is 3. The van der Waals surface area contributed by atoms with Crippen LogP contribution < -0.4 is 0 Å². The Morgan fingerprint density at radius 3 is 2.57 bits per heavy atom. The van der Waals surface area contributed by atoms with Crippen LogP contribution in [0, 0.1) is 5.92 Å². The van der Waals surface area contributed by atoms with Gasteiger partial charge in [0.1, 0.15) is 0 Å². The SMILES string of the molecule is O=CN(CCc1ccc(Cl)c(Cl)c1)C1CN2CCC1CC2. The van der Waals surface area contributed by atoms with E-state index in [9.17, 15) is 4.79 Å². The highest BCUT2D eigenvalue weighted by molar-refractivity contribution is 6.42. The molecule has 0 aliphatic carbocycles. The summed E-state index contributed by atoms with van der Waals surface area (Å²) in [6.45, 7) is 4.17. The van der Waals surface area contributed by atoms with Crippen LogP contribution in [0.15, 0.2) is 18.2 Å². The predicted octanol–water partition coefficient (Wildman–Crippen LogP) is 3.09. The molecule has 4 rings (SSSR count). The van der Waals surface area contributed by atoms with Crippen molar-refractivity contribution in [2.24, 2.45) is 5.92 Å². The van der Waals surface area contributed by atoms with Gasteiger partial charge in [-0.05, 0) is 56.0 Å².